The number of anilines is 2. The van der Waals surface area contributed by atoms with Crippen LogP contribution in [-0.4, -0.2) is 33.2 Å². The lowest BCUT2D eigenvalue weighted by atomic mass is 9.97. The van der Waals surface area contributed by atoms with Gasteiger partial charge < -0.3 is 10.2 Å². The highest BCUT2D eigenvalue weighted by Crippen LogP contribution is 2.40. The molecule has 1 N–H and O–H groups in total. The first-order valence-electron chi connectivity index (χ1n) is 12.4. The Morgan fingerprint density at radius 3 is 2.15 bits per heavy atom. The molecule has 1 fully saturated rings. The molecular weight excluding hydrogens is 558 g/mol. The third kappa shape index (κ3) is 6.78. The fourth-order valence-corrected chi connectivity index (χ4v) is 5.53. The average Bonchev–Trinajstić information content (AvgIpc) is 3.38. The lowest BCUT2D eigenvalue weighted by Crippen LogP contribution is -2.22. The van der Waals surface area contributed by atoms with Crippen LogP contribution in [0.1, 0.15) is 41.5 Å². The van der Waals surface area contributed by atoms with Crippen molar-refractivity contribution in [3.05, 3.63) is 89.0 Å². The highest BCUT2D eigenvalue weighted by molar-refractivity contribution is 7.91. The molecule has 12 heteroatoms. The largest absolute Gasteiger partial charge is 0.418 e. The van der Waals surface area contributed by atoms with Crippen LogP contribution in [0, 0.1) is 0 Å². The first-order chi connectivity index (χ1) is 18.7. The van der Waals surface area contributed by atoms with Gasteiger partial charge in [0, 0.05) is 24.7 Å². The van der Waals surface area contributed by atoms with Gasteiger partial charge in [0.1, 0.15) is 0 Å². The van der Waals surface area contributed by atoms with E-state index in [1.54, 1.807) is 4.90 Å². The summed E-state index contributed by atoms with van der Waals surface area (Å²) >= 11 is 0. The maximum absolute atomic E-state index is 13.9. The second kappa shape index (κ2) is 11.1. The molecule has 0 aromatic heterocycles. The molecule has 1 aliphatic rings. The molecule has 1 aliphatic heterocycles. The molecule has 1 atom stereocenters. The number of carbonyl (C=O) groups excluding carboxylic acids is 1. The van der Waals surface area contributed by atoms with Crippen molar-refractivity contribution in [2.45, 2.75) is 42.9 Å². The van der Waals surface area contributed by atoms with Gasteiger partial charge >= 0.3 is 12.4 Å². The van der Waals surface area contributed by atoms with Gasteiger partial charge in [-0.25, -0.2) is 8.42 Å². The molecule has 214 valence electrons. The number of nitrogens with zero attached hydrogens (tertiary/aromatic N) is 1. The maximum atomic E-state index is 13.9. The minimum absolute atomic E-state index is 0.0871. The molecule has 1 heterocycles. The Morgan fingerprint density at radius 2 is 1.57 bits per heavy atom. The van der Waals surface area contributed by atoms with Gasteiger partial charge in [-0.05, 0) is 60.0 Å². The standard InChI is InChI=1S/C28H26F6N2O3S/c1-2-40(38,39)23-10-3-18(4-11-23)15-26(37)35-25-12-9-22(16-24(25)28(32,33)34)36-14-13-20(17-36)19-5-7-21(8-6-19)27(29,30)31/h3-12,16,20H,2,13-15,17H2,1H3,(H,35,37). The zero-order valence-electron chi connectivity index (χ0n) is 21.3. The van der Waals surface area contributed by atoms with E-state index in [4.69, 9.17) is 0 Å². The normalized spacial score (nSPS) is 16.3. The summed E-state index contributed by atoms with van der Waals surface area (Å²) in [6.07, 6.45) is -8.91. The van der Waals surface area contributed by atoms with Crippen molar-refractivity contribution in [1.29, 1.82) is 0 Å². The molecule has 0 aliphatic carbocycles. The van der Waals surface area contributed by atoms with Crippen LogP contribution >= 0.6 is 0 Å². The smallest absolute Gasteiger partial charge is 0.371 e. The predicted molar refractivity (Wildman–Crippen MR) is 139 cm³/mol. The third-order valence-electron chi connectivity index (χ3n) is 6.87. The summed E-state index contributed by atoms with van der Waals surface area (Å²) < 4.78 is 104. The van der Waals surface area contributed by atoms with Crippen LogP contribution in [0.2, 0.25) is 0 Å². The van der Waals surface area contributed by atoms with E-state index in [1.807, 2.05) is 0 Å². The Balaban J connectivity index is 1.46. The van der Waals surface area contributed by atoms with Crippen molar-refractivity contribution < 1.29 is 39.6 Å². The quantitative estimate of drug-likeness (QED) is 0.314. The zero-order chi connectivity index (χ0) is 29.3. The summed E-state index contributed by atoms with van der Waals surface area (Å²) in [7, 11) is -3.42. The van der Waals surface area contributed by atoms with E-state index in [9.17, 15) is 39.6 Å². The Bertz CT molecular complexity index is 1470. The number of hydrogen-bond acceptors (Lipinski definition) is 4. The molecule has 3 aromatic carbocycles. The zero-order valence-corrected chi connectivity index (χ0v) is 22.1. The molecule has 0 radical (unpaired) electrons. The van der Waals surface area contributed by atoms with Gasteiger partial charge in [-0.15, -0.1) is 0 Å². The summed E-state index contributed by atoms with van der Waals surface area (Å²) in [5, 5.41) is 2.30. The SMILES string of the molecule is CCS(=O)(=O)c1ccc(CC(=O)Nc2ccc(N3CCC(c4ccc(C(F)(F)F)cc4)C3)cc2C(F)(F)F)cc1. The molecule has 1 unspecified atom stereocenters. The van der Waals surface area contributed by atoms with Gasteiger partial charge in [0.25, 0.3) is 0 Å². The highest BCUT2D eigenvalue weighted by atomic mass is 32.2. The number of alkyl halides is 6. The van der Waals surface area contributed by atoms with E-state index >= 15 is 0 Å². The fraction of sp³-hybridized carbons (Fsp3) is 0.321. The number of amides is 1. The van der Waals surface area contributed by atoms with Gasteiger partial charge in [-0.1, -0.05) is 31.2 Å². The van der Waals surface area contributed by atoms with E-state index in [2.05, 4.69) is 5.32 Å². The molecule has 5 nitrogen and oxygen atoms in total. The Labute approximate surface area is 227 Å². The van der Waals surface area contributed by atoms with E-state index < -0.39 is 44.9 Å². The summed E-state index contributed by atoms with van der Waals surface area (Å²) in [4.78, 5) is 14.4. The molecule has 3 aromatic rings. The number of carbonyl (C=O) groups is 1. The second-order valence-corrected chi connectivity index (χ2v) is 11.8. The molecule has 0 bridgehead atoms. The van der Waals surface area contributed by atoms with Crippen LogP contribution in [0.25, 0.3) is 0 Å². The lowest BCUT2D eigenvalue weighted by molar-refractivity contribution is -0.138. The fourth-order valence-electron chi connectivity index (χ4n) is 4.64. The number of nitrogens with one attached hydrogen (secondary N) is 1. The van der Waals surface area contributed by atoms with Crippen molar-refractivity contribution in [3.63, 3.8) is 0 Å². The number of benzene rings is 3. The van der Waals surface area contributed by atoms with Gasteiger partial charge in [0.2, 0.25) is 5.91 Å². The van der Waals surface area contributed by atoms with Crippen LogP contribution < -0.4 is 10.2 Å². The summed E-state index contributed by atoms with van der Waals surface area (Å²) in [6.45, 7) is 2.25. The summed E-state index contributed by atoms with van der Waals surface area (Å²) in [6, 6.07) is 14.0. The third-order valence-corrected chi connectivity index (χ3v) is 8.62. The van der Waals surface area contributed by atoms with Crippen LogP contribution in [0.3, 0.4) is 0 Å². The van der Waals surface area contributed by atoms with Crippen molar-refractivity contribution in [1.82, 2.24) is 0 Å². The molecule has 1 saturated heterocycles. The topological polar surface area (TPSA) is 66.5 Å². The first-order valence-corrected chi connectivity index (χ1v) is 14.1. The molecule has 40 heavy (non-hydrogen) atoms. The summed E-state index contributed by atoms with van der Waals surface area (Å²) in [5.41, 5.74) is -0.807. The molecule has 1 amide bonds. The van der Waals surface area contributed by atoms with Crippen LogP contribution in [0.15, 0.2) is 71.6 Å². The van der Waals surface area contributed by atoms with Crippen LogP contribution in [-0.2, 0) is 33.4 Å². The van der Waals surface area contributed by atoms with Gasteiger partial charge in [0.05, 0.1) is 33.9 Å². The van der Waals surface area contributed by atoms with Crippen LogP contribution in [0.5, 0.6) is 0 Å². The van der Waals surface area contributed by atoms with Crippen LogP contribution in [0.4, 0.5) is 37.7 Å². The van der Waals surface area contributed by atoms with Crippen molar-refractivity contribution in [2.75, 3.05) is 29.1 Å². The number of hydrogen-bond donors (Lipinski definition) is 1. The van der Waals surface area contributed by atoms with E-state index in [-0.39, 0.29) is 28.7 Å². The molecule has 0 spiro atoms. The van der Waals surface area contributed by atoms with Gasteiger partial charge in [-0.3, -0.25) is 4.79 Å². The number of halogens is 6. The van der Waals surface area contributed by atoms with Crippen molar-refractivity contribution in [2.24, 2.45) is 0 Å². The second-order valence-electron chi connectivity index (χ2n) is 9.55. The Morgan fingerprint density at radius 1 is 0.925 bits per heavy atom. The first kappa shape index (κ1) is 29.4. The maximum Gasteiger partial charge on any atom is 0.418 e. The Kier molecular flexibility index (Phi) is 8.21. The lowest BCUT2D eigenvalue weighted by Gasteiger charge is -2.22. The number of rotatable bonds is 7. The minimum Gasteiger partial charge on any atom is -0.371 e. The monoisotopic (exact) mass is 584 g/mol. The highest BCUT2D eigenvalue weighted by Gasteiger charge is 2.36. The van der Waals surface area contributed by atoms with Gasteiger partial charge in [0.15, 0.2) is 9.84 Å². The van der Waals surface area contributed by atoms with Gasteiger partial charge in [-0.2, -0.15) is 26.3 Å². The van der Waals surface area contributed by atoms with E-state index in [0.717, 1.165) is 18.2 Å². The van der Waals surface area contributed by atoms with Crippen molar-refractivity contribution >= 4 is 27.1 Å². The number of sulfone groups is 1. The van der Waals surface area contributed by atoms with E-state index in [0.29, 0.717) is 30.6 Å². The van der Waals surface area contributed by atoms with E-state index in [1.165, 1.54) is 55.5 Å². The molecular formula is C28H26F6N2O3S. The Hall–Kier alpha value is -3.54. The molecule has 4 rings (SSSR count). The molecule has 0 saturated carbocycles. The average molecular weight is 585 g/mol. The van der Waals surface area contributed by atoms with Crippen molar-refractivity contribution in [3.8, 4) is 0 Å². The minimum atomic E-state index is -4.76. The summed E-state index contributed by atoms with van der Waals surface area (Å²) in [5.74, 6) is -0.932. The predicted octanol–water partition coefficient (Wildman–Crippen LogP) is 6.69.